The van der Waals surface area contributed by atoms with Gasteiger partial charge in [0.15, 0.2) is 0 Å². The Morgan fingerprint density at radius 1 is 1.33 bits per heavy atom. The van der Waals surface area contributed by atoms with E-state index in [1.807, 2.05) is 24.3 Å². The molecule has 1 saturated heterocycles. The molecule has 1 amide bonds. The van der Waals surface area contributed by atoms with Crippen molar-refractivity contribution in [2.24, 2.45) is 11.7 Å². The van der Waals surface area contributed by atoms with E-state index in [0.717, 1.165) is 18.5 Å². The van der Waals surface area contributed by atoms with Crippen LogP contribution in [0, 0.1) is 5.92 Å². The van der Waals surface area contributed by atoms with Crippen LogP contribution in [-0.4, -0.2) is 40.7 Å². The van der Waals surface area contributed by atoms with E-state index in [1.54, 1.807) is 0 Å². The zero-order valence-electron chi connectivity index (χ0n) is 11.4. The fourth-order valence-corrected chi connectivity index (χ4v) is 3.22. The molecule has 0 bridgehead atoms. The van der Waals surface area contributed by atoms with Crippen LogP contribution in [0.25, 0.3) is 11.0 Å². The van der Waals surface area contributed by atoms with Crippen LogP contribution in [0.3, 0.4) is 0 Å². The molecule has 1 saturated carbocycles. The lowest BCUT2D eigenvalue weighted by atomic mass is 9.72. The lowest BCUT2D eigenvalue weighted by Crippen LogP contribution is -2.69. The summed E-state index contributed by atoms with van der Waals surface area (Å²) in [5, 5.41) is 2.93. The van der Waals surface area contributed by atoms with Gasteiger partial charge in [-0.2, -0.15) is 0 Å². The third-order valence-electron chi connectivity index (χ3n) is 4.43. The monoisotopic (exact) mass is 284 g/mol. The molecule has 0 spiro atoms. The Labute approximate surface area is 121 Å². The number of amides is 1. The van der Waals surface area contributed by atoms with E-state index in [-0.39, 0.29) is 24.1 Å². The van der Waals surface area contributed by atoms with Crippen molar-refractivity contribution < 1.29 is 9.53 Å². The molecule has 2 fully saturated rings. The number of fused-ring (bicyclic) bond motifs is 2. The van der Waals surface area contributed by atoms with Gasteiger partial charge in [-0.15, -0.1) is 0 Å². The second kappa shape index (κ2) is 4.75. The molecular weight excluding hydrogens is 268 g/mol. The first-order valence-corrected chi connectivity index (χ1v) is 7.14. The van der Waals surface area contributed by atoms with Crippen LogP contribution in [0.15, 0.2) is 30.5 Å². The predicted octanol–water partition coefficient (Wildman–Crippen LogP) is 0.474. The number of benzene rings is 1. The van der Waals surface area contributed by atoms with Gasteiger partial charge in [0.05, 0.1) is 29.4 Å². The molecule has 1 aliphatic carbocycles. The first-order valence-electron chi connectivity index (χ1n) is 7.14. The van der Waals surface area contributed by atoms with Crippen molar-refractivity contribution in [2.45, 2.75) is 24.6 Å². The molecular formula is C15H16N4O2. The lowest BCUT2D eigenvalue weighted by Gasteiger charge is -2.45. The van der Waals surface area contributed by atoms with E-state index in [1.165, 1.54) is 6.20 Å². The van der Waals surface area contributed by atoms with Gasteiger partial charge in [0.25, 0.3) is 5.91 Å². The van der Waals surface area contributed by atoms with Crippen LogP contribution in [0.1, 0.15) is 16.9 Å². The highest BCUT2D eigenvalue weighted by Gasteiger charge is 2.52. The molecule has 1 aromatic heterocycles. The minimum atomic E-state index is -0.248. The standard InChI is InChI=1S/C15H16N4O2/c16-12-8-5-6-21-14(8)13(12)19-15(20)11-7-17-9-3-1-2-4-10(9)18-11/h1-4,7-8,12-14H,5-6,16H2,(H,19,20). The molecule has 2 heterocycles. The minimum absolute atomic E-state index is 0.0325. The smallest absolute Gasteiger partial charge is 0.271 e. The average Bonchev–Trinajstić information content (AvgIpc) is 2.96. The number of aromatic nitrogens is 2. The van der Waals surface area contributed by atoms with Crippen LogP contribution < -0.4 is 11.1 Å². The maximum absolute atomic E-state index is 12.3. The summed E-state index contributed by atoms with van der Waals surface area (Å²) in [6.45, 7) is 0.727. The molecule has 4 rings (SSSR count). The first-order chi connectivity index (χ1) is 10.2. The van der Waals surface area contributed by atoms with Crippen LogP contribution in [-0.2, 0) is 4.74 Å². The summed E-state index contributed by atoms with van der Waals surface area (Å²) in [6, 6.07) is 7.31. The Kier molecular flexibility index (Phi) is 2.87. The van der Waals surface area contributed by atoms with Gasteiger partial charge in [-0.05, 0) is 18.6 Å². The van der Waals surface area contributed by atoms with Gasteiger partial charge in [-0.1, -0.05) is 12.1 Å². The van der Waals surface area contributed by atoms with Crippen molar-refractivity contribution in [3.8, 4) is 0 Å². The summed E-state index contributed by atoms with van der Waals surface area (Å²) in [5.74, 6) is 0.126. The van der Waals surface area contributed by atoms with E-state index < -0.39 is 0 Å². The summed E-state index contributed by atoms with van der Waals surface area (Å²) in [6.07, 6.45) is 2.53. The van der Waals surface area contributed by atoms with E-state index in [2.05, 4.69) is 15.3 Å². The molecule has 2 aliphatic rings. The van der Waals surface area contributed by atoms with Gasteiger partial charge in [0.2, 0.25) is 0 Å². The lowest BCUT2D eigenvalue weighted by molar-refractivity contribution is -0.0161. The molecule has 6 nitrogen and oxygen atoms in total. The van der Waals surface area contributed by atoms with E-state index in [9.17, 15) is 4.79 Å². The van der Waals surface area contributed by atoms with Gasteiger partial charge in [-0.25, -0.2) is 4.98 Å². The largest absolute Gasteiger partial charge is 0.376 e. The van der Waals surface area contributed by atoms with Crippen molar-refractivity contribution in [3.63, 3.8) is 0 Å². The number of nitrogens with one attached hydrogen (secondary N) is 1. The molecule has 1 aromatic carbocycles. The van der Waals surface area contributed by atoms with Crippen LogP contribution in [0.2, 0.25) is 0 Å². The van der Waals surface area contributed by atoms with E-state index in [0.29, 0.717) is 17.1 Å². The fraction of sp³-hybridized carbons (Fsp3) is 0.400. The highest BCUT2D eigenvalue weighted by Crippen LogP contribution is 2.37. The minimum Gasteiger partial charge on any atom is -0.376 e. The van der Waals surface area contributed by atoms with Gasteiger partial charge < -0.3 is 15.8 Å². The zero-order valence-corrected chi connectivity index (χ0v) is 11.4. The Morgan fingerprint density at radius 3 is 3.00 bits per heavy atom. The van der Waals surface area contributed by atoms with Crippen LogP contribution >= 0.6 is 0 Å². The average molecular weight is 284 g/mol. The molecule has 4 atom stereocenters. The SMILES string of the molecule is NC1C2CCOC2C1NC(=O)c1cnc2ccccc2n1. The van der Waals surface area contributed by atoms with Gasteiger partial charge in [0, 0.05) is 18.6 Å². The number of ether oxygens (including phenoxy) is 1. The van der Waals surface area contributed by atoms with Crippen LogP contribution in [0.4, 0.5) is 0 Å². The first kappa shape index (κ1) is 12.7. The normalized spacial score (nSPS) is 30.7. The number of para-hydroxylation sites is 2. The second-order valence-electron chi connectivity index (χ2n) is 5.61. The number of hydrogen-bond donors (Lipinski definition) is 2. The molecule has 2 aromatic rings. The number of carbonyl (C=O) groups is 1. The number of rotatable bonds is 2. The summed E-state index contributed by atoms with van der Waals surface area (Å²) < 4.78 is 5.61. The maximum Gasteiger partial charge on any atom is 0.271 e. The van der Waals surface area contributed by atoms with Gasteiger partial charge in [-0.3, -0.25) is 9.78 Å². The summed E-state index contributed by atoms with van der Waals surface area (Å²) in [5.41, 5.74) is 7.88. The molecule has 21 heavy (non-hydrogen) atoms. The van der Waals surface area contributed by atoms with Crippen molar-refractivity contribution in [1.29, 1.82) is 0 Å². The van der Waals surface area contributed by atoms with E-state index >= 15 is 0 Å². The third-order valence-corrected chi connectivity index (χ3v) is 4.43. The molecule has 4 unspecified atom stereocenters. The van der Waals surface area contributed by atoms with Crippen molar-refractivity contribution >= 4 is 16.9 Å². The summed E-state index contributed by atoms with van der Waals surface area (Å²) in [4.78, 5) is 20.9. The fourth-order valence-electron chi connectivity index (χ4n) is 3.22. The van der Waals surface area contributed by atoms with Crippen LogP contribution in [0.5, 0.6) is 0 Å². The predicted molar refractivity (Wildman–Crippen MR) is 76.6 cm³/mol. The van der Waals surface area contributed by atoms with Gasteiger partial charge in [0.1, 0.15) is 5.69 Å². The summed E-state index contributed by atoms with van der Waals surface area (Å²) in [7, 11) is 0. The molecule has 1 aliphatic heterocycles. The number of carbonyl (C=O) groups excluding carboxylic acids is 1. The summed E-state index contributed by atoms with van der Waals surface area (Å²) >= 11 is 0. The Morgan fingerprint density at radius 2 is 2.14 bits per heavy atom. The van der Waals surface area contributed by atoms with Gasteiger partial charge >= 0.3 is 0 Å². The van der Waals surface area contributed by atoms with Crippen molar-refractivity contribution in [3.05, 3.63) is 36.2 Å². The zero-order chi connectivity index (χ0) is 14.4. The van der Waals surface area contributed by atoms with E-state index in [4.69, 9.17) is 10.5 Å². The number of nitrogens with zero attached hydrogens (tertiary/aromatic N) is 2. The topological polar surface area (TPSA) is 90.1 Å². The number of hydrogen-bond acceptors (Lipinski definition) is 5. The highest BCUT2D eigenvalue weighted by atomic mass is 16.5. The molecule has 108 valence electrons. The van der Waals surface area contributed by atoms with Crippen molar-refractivity contribution in [1.82, 2.24) is 15.3 Å². The second-order valence-corrected chi connectivity index (χ2v) is 5.61. The molecule has 6 heteroatoms. The highest BCUT2D eigenvalue weighted by molar-refractivity contribution is 5.94. The Hall–Kier alpha value is -2.05. The third kappa shape index (κ3) is 1.99. The Balaban J connectivity index is 1.53. The van der Waals surface area contributed by atoms with Crippen molar-refractivity contribution in [2.75, 3.05) is 6.61 Å². The molecule has 0 radical (unpaired) electrons. The Bertz CT molecular complexity index is 705. The quantitative estimate of drug-likeness (QED) is 0.837. The maximum atomic E-state index is 12.3. The number of nitrogens with two attached hydrogens (primary N) is 1. The molecule has 3 N–H and O–H groups in total.